The molecule has 1 aromatic carbocycles. The van der Waals surface area contributed by atoms with E-state index in [0.717, 1.165) is 29.7 Å². The van der Waals surface area contributed by atoms with Crippen molar-refractivity contribution in [3.05, 3.63) is 29.3 Å². The number of rotatable bonds is 10. The van der Waals surface area contributed by atoms with Crippen LogP contribution in [0.2, 0.25) is 0 Å². The fourth-order valence-electron chi connectivity index (χ4n) is 3.40. The Kier molecular flexibility index (Phi) is 9.51. The Morgan fingerprint density at radius 1 is 1.26 bits per heavy atom. The number of sulfonamides is 1. The quantitative estimate of drug-likeness (QED) is 0.550. The zero-order chi connectivity index (χ0) is 22.9. The first-order chi connectivity index (χ1) is 14.8. The second-order valence-corrected chi connectivity index (χ2v) is 9.23. The van der Waals surface area contributed by atoms with Gasteiger partial charge in [0.1, 0.15) is 0 Å². The van der Waals surface area contributed by atoms with E-state index in [0.29, 0.717) is 37.4 Å². The van der Waals surface area contributed by atoms with E-state index in [4.69, 9.17) is 19.6 Å². The van der Waals surface area contributed by atoms with E-state index in [1.807, 2.05) is 24.7 Å². The van der Waals surface area contributed by atoms with Crippen LogP contribution in [0, 0.1) is 0 Å². The van der Waals surface area contributed by atoms with Crippen molar-refractivity contribution in [2.45, 2.75) is 52.1 Å². The molecule has 1 heterocycles. The van der Waals surface area contributed by atoms with Gasteiger partial charge in [-0.2, -0.15) is 0 Å². The van der Waals surface area contributed by atoms with Crippen molar-refractivity contribution in [2.24, 2.45) is 15.1 Å². The normalized spacial score (nSPS) is 17.0. The standard InChI is InChI=1S/C22H34N4O4S/c1-5-8-17(9-7-10-31(23,27)28)14-26-15-18-11-21(29-3)22(30-4)12-20(18)24-13-19(6-2)25-16-26/h8,11-13,16,19H,5-7,9-10,14-15H2,1-4H3,(H2,23,27,28)/b17-8+,24-13?,25-16?. The molecule has 0 fully saturated rings. The van der Waals surface area contributed by atoms with Crippen molar-refractivity contribution in [2.75, 3.05) is 26.5 Å². The number of hydrogen-bond acceptors (Lipinski definition) is 7. The second-order valence-electron chi connectivity index (χ2n) is 7.50. The van der Waals surface area contributed by atoms with Gasteiger partial charge in [-0.05, 0) is 31.7 Å². The predicted octanol–water partition coefficient (Wildman–Crippen LogP) is 3.43. The zero-order valence-corrected chi connectivity index (χ0v) is 19.7. The molecule has 0 radical (unpaired) electrons. The minimum atomic E-state index is -3.46. The van der Waals surface area contributed by atoms with Gasteiger partial charge in [0, 0.05) is 30.9 Å². The van der Waals surface area contributed by atoms with E-state index < -0.39 is 10.0 Å². The summed E-state index contributed by atoms with van der Waals surface area (Å²) in [5.74, 6) is 1.26. The van der Waals surface area contributed by atoms with Gasteiger partial charge >= 0.3 is 0 Å². The first-order valence-corrected chi connectivity index (χ1v) is 12.3. The fraction of sp³-hybridized carbons (Fsp3) is 0.545. The largest absolute Gasteiger partial charge is 0.493 e. The Bertz CT molecular complexity index is 926. The molecule has 9 heteroatoms. The maximum Gasteiger partial charge on any atom is 0.209 e. The molecule has 1 atom stereocenters. The van der Waals surface area contributed by atoms with Crippen molar-refractivity contribution in [1.82, 2.24) is 4.90 Å². The Balaban J connectivity index is 2.32. The van der Waals surface area contributed by atoms with Crippen LogP contribution >= 0.6 is 0 Å². The molecule has 1 unspecified atom stereocenters. The number of methoxy groups -OCH3 is 2. The molecule has 2 N–H and O–H groups in total. The van der Waals surface area contributed by atoms with Crippen LogP contribution in [0.3, 0.4) is 0 Å². The highest BCUT2D eigenvalue weighted by molar-refractivity contribution is 7.89. The van der Waals surface area contributed by atoms with Crippen LogP contribution in [0.15, 0.2) is 33.8 Å². The Hall–Kier alpha value is -2.39. The first kappa shape index (κ1) is 24.9. The molecule has 0 aromatic heterocycles. The molecule has 0 aliphatic carbocycles. The van der Waals surface area contributed by atoms with E-state index >= 15 is 0 Å². The van der Waals surface area contributed by atoms with Gasteiger partial charge in [0.05, 0.1) is 38.0 Å². The third-order valence-corrected chi connectivity index (χ3v) is 5.87. The molecule has 0 saturated heterocycles. The average molecular weight is 451 g/mol. The van der Waals surface area contributed by atoms with Gasteiger partial charge < -0.3 is 14.4 Å². The number of hydrogen-bond donors (Lipinski definition) is 1. The number of allylic oxidation sites excluding steroid dienone is 1. The number of fused-ring (bicyclic) bond motifs is 1. The second kappa shape index (κ2) is 11.9. The van der Waals surface area contributed by atoms with Crippen LogP contribution < -0.4 is 14.6 Å². The number of nitrogens with two attached hydrogens (primary N) is 1. The summed E-state index contributed by atoms with van der Waals surface area (Å²) in [5, 5.41) is 5.16. The molecule has 0 saturated carbocycles. The summed E-state index contributed by atoms with van der Waals surface area (Å²) in [6.07, 6.45) is 8.75. The van der Waals surface area contributed by atoms with Gasteiger partial charge in [-0.3, -0.25) is 9.98 Å². The summed E-state index contributed by atoms with van der Waals surface area (Å²) in [6, 6.07) is 3.81. The molecule has 172 valence electrons. The Labute approximate surface area is 185 Å². The van der Waals surface area contributed by atoms with E-state index in [1.54, 1.807) is 14.2 Å². The Morgan fingerprint density at radius 3 is 2.58 bits per heavy atom. The SMILES string of the molecule is CC/C=C(\CCCS(N)(=O)=O)CN1C=NC(CC)C=Nc2cc(OC)c(OC)cc2C1. The molecule has 0 bridgehead atoms. The number of benzene rings is 1. The van der Waals surface area contributed by atoms with Crippen molar-refractivity contribution in [1.29, 1.82) is 0 Å². The van der Waals surface area contributed by atoms with Crippen LogP contribution in [0.1, 0.15) is 45.1 Å². The molecule has 2 rings (SSSR count). The highest BCUT2D eigenvalue weighted by atomic mass is 32.2. The molecular weight excluding hydrogens is 416 g/mol. The highest BCUT2D eigenvalue weighted by Gasteiger charge is 2.16. The van der Waals surface area contributed by atoms with E-state index in [9.17, 15) is 8.42 Å². The van der Waals surface area contributed by atoms with E-state index in [1.165, 1.54) is 0 Å². The summed E-state index contributed by atoms with van der Waals surface area (Å²) >= 11 is 0. The van der Waals surface area contributed by atoms with Gasteiger partial charge in [-0.25, -0.2) is 13.6 Å². The van der Waals surface area contributed by atoms with Gasteiger partial charge in [0.25, 0.3) is 0 Å². The van der Waals surface area contributed by atoms with E-state index in [2.05, 4.69) is 29.8 Å². The van der Waals surface area contributed by atoms with Crippen molar-refractivity contribution >= 4 is 28.3 Å². The molecule has 8 nitrogen and oxygen atoms in total. The number of aliphatic imine (C=N–C) groups is 2. The van der Waals surface area contributed by atoms with Crippen molar-refractivity contribution < 1.29 is 17.9 Å². The number of nitrogens with zero attached hydrogens (tertiary/aromatic N) is 3. The Morgan fingerprint density at radius 2 is 1.97 bits per heavy atom. The van der Waals surface area contributed by atoms with Gasteiger partial charge in [0.15, 0.2) is 11.5 Å². The summed E-state index contributed by atoms with van der Waals surface area (Å²) in [6.45, 7) is 5.37. The minimum absolute atomic E-state index is 0.0201. The lowest BCUT2D eigenvalue weighted by molar-refractivity contribution is 0.353. The maximum atomic E-state index is 11.3. The summed E-state index contributed by atoms with van der Waals surface area (Å²) < 4.78 is 33.5. The van der Waals surface area contributed by atoms with Crippen LogP contribution in [-0.4, -0.2) is 58.4 Å². The summed E-state index contributed by atoms with van der Waals surface area (Å²) in [4.78, 5) is 11.5. The number of ether oxygens (including phenoxy) is 2. The van der Waals surface area contributed by atoms with Crippen LogP contribution in [0.4, 0.5) is 5.69 Å². The van der Waals surface area contributed by atoms with E-state index in [-0.39, 0.29) is 11.8 Å². The third kappa shape index (κ3) is 7.99. The third-order valence-electron chi connectivity index (χ3n) is 5.01. The molecule has 1 aliphatic heterocycles. The topological polar surface area (TPSA) is 107 Å². The van der Waals surface area contributed by atoms with Crippen molar-refractivity contribution in [3.8, 4) is 11.5 Å². The lowest BCUT2D eigenvalue weighted by Crippen LogP contribution is -2.25. The first-order valence-electron chi connectivity index (χ1n) is 10.5. The highest BCUT2D eigenvalue weighted by Crippen LogP contribution is 2.35. The van der Waals surface area contributed by atoms with Crippen molar-refractivity contribution in [3.63, 3.8) is 0 Å². The van der Waals surface area contributed by atoms with Crippen LogP contribution in [0.5, 0.6) is 11.5 Å². The summed E-state index contributed by atoms with van der Waals surface area (Å²) in [5.41, 5.74) is 2.98. The van der Waals surface area contributed by atoms with Gasteiger partial charge in [-0.15, -0.1) is 0 Å². The average Bonchev–Trinajstić information content (AvgIpc) is 2.80. The zero-order valence-electron chi connectivity index (χ0n) is 18.9. The molecule has 1 aromatic rings. The molecule has 0 spiro atoms. The predicted molar refractivity (Wildman–Crippen MR) is 126 cm³/mol. The van der Waals surface area contributed by atoms with Gasteiger partial charge in [-0.1, -0.05) is 25.5 Å². The maximum absolute atomic E-state index is 11.3. The molecule has 0 amide bonds. The van der Waals surface area contributed by atoms with Crippen LogP contribution in [-0.2, 0) is 16.6 Å². The summed E-state index contributed by atoms with van der Waals surface area (Å²) in [7, 11) is -0.236. The number of primary sulfonamides is 1. The lowest BCUT2D eigenvalue weighted by Gasteiger charge is -2.23. The molecule has 31 heavy (non-hydrogen) atoms. The fourth-order valence-corrected chi connectivity index (χ4v) is 3.95. The lowest BCUT2D eigenvalue weighted by atomic mass is 10.1. The monoisotopic (exact) mass is 450 g/mol. The smallest absolute Gasteiger partial charge is 0.209 e. The molecular formula is C22H34N4O4S. The van der Waals surface area contributed by atoms with Gasteiger partial charge in [0.2, 0.25) is 10.0 Å². The van der Waals surface area contributed by atoms with Crippen LogP contribution in [0.25, 0.3) is 0 Å². The molecule has 1 aliphatic rings. The minimum Gasteiger partial charge on any atom is -0.493 e.